The maximum atomic E-state index is 11.7. The number of hydrogen-bond donors (Lipinski definition) is 1. The van der Waals surface area contributed by atoms with Crippen LogP contribution in [-0.2, 0) is 4.74 Å². The molecule has 0 saturated heterocycles. The van der Waals surface area contributed by atoms with Crippen LogP contribution in [0.25, 0.3) is 11.3 Å². The van der Waals surface area contributed by atoms with Crippen molar-refractivity contribution in [3.8, 4) is 17.0 Å². The van der Waals surface area contributed by atoms with Crippen molar-refractivity contribution < 1.29 is 14.3 Å². The number of anilines is 1. The summed E-state index contributed by atoms with van der Waals surface area (Å²) >= 11 is 0. The third kappa shape index (κ3) is 2.88. The molecule has 0 aliphatic rings. The summed E-state index contributed by atoms with van der Waals surface area (Å²) in [5.74, 6) is 0.427. The Kier molecular flexibility index (Phi) is 4.20. The molecule has 1 heterocycles. The van der Waals surface area contributed by atoms with E-state index >= 15 is 0 Å². The van der Waals surface area contributed by atoms with Crippen LogP contribution in [0.15, 0.2) is 36.4 Å². The maximum Gasteiger partial charge on any atom is 0.341 e. The van der Waals surface area contributed by atoms with Crippen LogP contribution in [0, 0.1) is 0 Å². The Hall–Kier alpha value is -2.56. The van der Waals surface area contributed by atoms with Gasteiger partial charge in [-0.2, -0.15) is 0 Å². The van der Waals surface area contributed by atoms with E-state index in [0.29, 0.717) is 12.3 Å². The highest BCUT2D eigenvalue weighted by Crippen LogP contribution is 2.24. The fourth-order valence-corrected chi connectivity index (χ4v) is 1.80. The van der Waals surface area contributed by atoms with Crippen molar-refractivity contribution in [3.05, 3.63) is 42.0 Å². The van der Waals surface area contributed by atoms with Gasteiger partial charge < -0.3 is 15.2 Å². The number of nitrogen functional groups attached to an aromatic ring is 1. The summed E-state index contributed by atoms with van der Waals surface area (Å²) in [7, 11) is 1.60. The quantitative estimate of drug-likeness (QED) is 0.866. The summed E-state index contributed by atoms with van der Waals surface area (Å²) in [4.78, 5) is 15.9. The number of hydrogen-bond acceptors (Lipinski definition) is 5. The number of nitrogens with two attached hydrogens (primary N) is 1. The average Bonchev–Trinajstić information content (AvgIpc) is 2.47. The Morgan fingerprint density at radius 2 is 2.10 bits per heavy atom. The Morgan fingerprint density at radius 3 is 2.75 bits per heavy atom. The molecule has 104 valence electrons. The van der Waals surface area contributed by atoms with Crippen molar-refractivity contribution in [1.82, 2.24) is 4.98 Å². The molecule has 1 aromatic heterocycles. The van der Waals surface area contributed by atoms with E-state index in [1.54, 1.807) is 26.2 Å². The highest BCUT2D eigenvalue weighted by atomic mass is 16.5. The Morgan fingerprint density at radius 1 is 1.30 bits per heavy atom. The van der Waals surface area contributed by atoms with Crippen molar-refractivity contribution in [1.29, 1.82) is 0 Å². The molecule has 0 radical (unpaired) electrons. The molecule has 5 heteroatoms. The second kappa shape index (κ2) is 6.06. The first kappa shape index (κ1) is 13.9. The summed E-state index contributed by atoms with van der Waals surface area (Å²) < 4.78 is 10.1. The minimum atomic E-state index is -0.463. The van der Waals surface area contributed by atoms with Gasteiger partial charge in [0.05, 0.1) is 19.4 Å². The molecule has 0 aliphatic carbocycles. The average molecular weight is 272 g/mol. The fourth-order valence-electron chi connectivity index (χ4n) is 1.80. The maximum absolute atomic E-state index is 11.7. The first-order chi connectivity index (χ1) is 9.65. The minimum absolute atomic E-state index is 0.156. The van der Waals surface area contributed by atoms with E-state index < -0.39 is 5.97 Å². The van der Waals surface area contributed by atoms with Gasteiger partial charge in [-0.3, -0.25) is 0 Å². The van der Waals surface area contributed by atoms with Gasteiger partial charge in [0.2, 0.25) is 0 Å². The normalized spacial score (nSPS) is 10.1. The molecule has 0 fully saturated rings. The van der Waals surface area contributed by atoms with E-state index in [-0.39, 0.29) is 11.4 Å². The van der Waals surface area contributed by atoms with Crippen LogP contribution in [0.4, 0.5) is 5.82 Å². The number of rotatable bonds is 4. The zero-order chi connectivity index (χ0) is 14.5. The molecule has 1 aromatic carbocycles. The van der Waals surface area contributed by atoms with Crippen LogP contribution in [-0.4, -0.2) is 24.7 Å². The second-order valence-electron chi connectivity index (χ2n) is 4.08. The zero-order valence-corrected chi connectivity index (χ0v) is 11.4. The monoisotopic (exact) mass is 272 g/mol. The number of carbonyl (C=O) groups excluding carboxylic acids is 1. The third-order valence-corrected chi connectivity index (χ3v) is 2.79. The number of esters is 1. The van der Waals surface area contributed by atoms with Crippen LogP contribution in [0.1, 0.15) is 17.3 Å². The van der Waals surface area contributed by atoms with Gasteiger partial charge in [-0.1, -0.05) is 12.1 Å². The lowest BCUT2D eigenvalue weighted by Gasteiger charge is -2.08. The summed E-state index contributed by atoms with van der Waals surface area (Å²) in [6, 6.07) is 10.8. The lowest BCUT2D eigenvalue weighted by atomic mass is 10.1. The van der Waals surface area contributed by atoms with Gasteiger partial charge in [-0.15, -0.1) is 0 Å². The molecule has 0 amide bonds. The molecule has 5 nitrogen and oxygen atoms in total. The van der Waals surface area contributed by atoms with Gasteiger partial charge in [0, 0.05) is 5.56 Å². The number of aromatic nitrogens is 1. The van der Waals surface area contributed by atoms with Gasteiger partial charge in [0.25, 0.3) is 0 Å². The second-order valence-corrected chi connectivity index (χ2v) is 4.08. The number of ether oxygens (including phenoxy) is 2. The standard InChI is InChI=1S/C15H16N2O3/c1-3-20-15(18)12-7-8-13(17-14(12)16)10-5-4-6-11(9-10)19-2/h4-9H,3H2,1-2H3,(H2,16,17). The van der Waals surface area contributed by atoms with Crippen molar-refractivity contribution >= 4 is 11.8 Å². The summed E-state index contributed by atoms with van der Waals surface area (Å²) in [6.07, 6.45) is 0. The Labute approximate surface area is 117 Å². The van der Waals surface area contributed by atoms with Gasteiger partial charge in [-0.25, -0.2) is 9.78 Å². The lowest BCUT2D eigenvalue weighted by molar-refractivity contribution is 0.0527. The predicted molar refractivity (Wildman–Crippen MR) is 76.6 cm³/mol. The highest BCUT2D eigenvalue weighted by Gasteiger charge is 2.13. The number of pyridine rings is 1. The molecule has 20 heavy (non-hydrogen) atoms. The number of methoxy groups -OCH3 is 1. The van der Waals surface area contributed by atoms with Crippen LogP contribution < -0.4 is 10.5 Å². The van der Waals surface area contributed by atoms with Gasteiger partial charge in [-0.05, 0) is 31.2 Å². The fraction of sp³-hybridized carbons (Fsp3) is 0.200. The van der Waals surface area contributed by atoms with E-state index in [0.717, 1.165) is 11.3 Å². The first-order valence-corrected chi connectivity index (χ1v) is 6.23. The molecule has 2 N–H and O–H groups in total. The summed E-state index contributed by atoms with van der Waals surface area (Å²) in [6.45, 7) is 2.04. The predicted octanol–water partition coefficient (Wildman–Crippen LogP) is 2.52. The number of nitrogens with zero attached hydrogens (tertiary/aromatic N) is 1. The molecule has 2 rings (SSSR count). The molecule has 0 atom stereocenters. The number of benzene rings is 1. The molecule has 0 spiro atoms. The topological polar surface area (TPSA) is 74.4 Å². The van der Waals surface area contributed by atoms with Crippen LogP contribution in [0.3, 0.4) is 0 Å². The third-order valence-electron chi connectivity index (χ3n) is 2.79. The largest absolute Gasteiger partial charge is 0.497 e. The van der Waals surface area contributed by atoms with E-state index in [9.17, 15) is 4.79 Å². The van der Waals surface area contributed by atoms with E-state index in [2.05, 4.69) is 4.98 Å². The van der Waals surface area contributed by atoms with Crippen molar-refractivity contribution in [3.63, 3.8) is 0 Å². The highest BCUT2D eigenvalue weighted by molar-refractivity contribution is 5.94. The molecule has 0 unspecified atom stereocenters. The van der Waals surface area contributed by atoms with Gasteiger partial charge in [0.15, 0.2) is 0 Å². The minimum Gasteiger partial charge on any atom is -0.497 e. The van der Waals surface area contributed by atoms with Crippen molar-refractivity contribution in [2.75, 3.05) is 19.5 Å². The van der Waals surface area contributed by atoms with Crippen LogP contribution >= 0.6 is 0 Å². The smallest absolute Gasteiger partial charge is 0.341 e. The molecule has 2 aromatic rings. The van der Waals surface area contributed by atoms with E-state index in [1.807, 2.05) is 24.3 Å². The van der Waals surface area contributed by atoms with Gasteiger partial charge >= 0.3 is 5.97 Å². The summed E-state index contributed by atoms with van der Waals surface area (Å²) in [5, 5.41) is 0. The molecular weight excluding hydrogens is 256 g/mol. The van der Waals surface area contributed by atoms with Gasteiger partial charge in [0.1, 0.15) is 17.1 Å². The van der Waals surface area contributed by atoms with Crippen LogP contribution in [0.5, 0.6) is 5.75 Å². The lowest BCUT2D eigenvalue weighted by Crippen LogP contribution is -2.09. The zero-order valence-electron chi connectivity index (χ0n) is 11.4. The van der Waals surface area contributed by atoms with Crippen molar-refractivity contribution in [2.24, 2.45) is 0 Å². The molecule has 0 bridgehead atoms. The SMILES string of the molecule is CCOC(=O)c1ccc(-c2cccc(OC)c2)nc1N. The Bertz CT molecular complexity index is 626. The van der Waals surface area contributed by atoms with Crippen molar-refractivity contribution in [2.45, 2.75) is 6.92 Å². The Balaban J connectivity index is 2.35. The number of carbonyl (C=O) groups is 1. The first-order valence-electron chi connectivity index (χ1n) is 6.23. The van der Waals surface area contributed by atoms with Crippen LogP contribution in [0.2, 0.25) is 0 Å². The molecule has 0 aliphatic heterocycles. The van der Waals surface area contributed by atoms with E-state index in [1.165, 1.54) is 0 Å². The summed E-state index contributed by atoms with van der Waals surface area (Å²) in [5.41, 5.74) is 7.64. The molecule has 0 saturated carbocycles. The van der Waals surface area contributed by atoms with E-state index in [4.69, 9.17) is 15.2 Å². The molecular formula is C15H16N2O3.